The SMILES string of the molecule is C=CCN1CCC(C2c3ccccc3Oc3cc(C(=O)N4CC[C@H](O)C4)ccc32)CC1. The van der Waals surface area contributed by atoms with E-state index in [-0.39, 0.29) is 11.8 Å². The highest BCUT2D eigenvalue weighted by Crippen LogP contribution is 2.49. The quantitative estimate of drug-likeness (QED) is 0.762. The third-order valence-electron chi connectivity index (χ3n) is 7.01. The van der Waals surface area contributed by atoms with E-state index in [4.69, 9.17) is 4.74 Å². The van der Waals surface area contributed by atoms with E-state index in [2.05, 4.69) is 29.7 Å². The number of hydrogen-bond donors (Lipinski definition) is 1. The van der Waals surface area contributed by atoms with E-state index in [1.807, 2.05) is 30.3 Å². The zero-order valence-corrected chi connectivity index (χ0v) is 17.9. The van der Waals surface area contributed by atoms with Crippen LogP contribution in [0.3, 0.4) is 0 Å². The molecule has 2 saturated heterocycles. The normalized spacial score (nSPS) is 23.7. The third kappa shape index (κ3) is 3.88. The number of amides is 1. The van der Waals surface area contributed by atoms with Gasteiger partial charge in [-0.1, -0.05) is 30.3 Å². The minimum Gasteiger partial charge on any atom is -0.457 e. The molecule has 0 aromatic heterocycles. The van der Waals surface area contributed by atoms with E-state index in [0.29, 0.717) is 31.0 Å². The minimum absolute atomic E-state index is 0.0314. The Labute approximate surface area is 183 Å². The number of likely N-dealkylation sites (tertiary alicyclic amines) is 2. The smallest absolute Gasteiger partial charge is 0.254 e. The maximum Gasteiger partial charge on any atom is 0.254 e. The van der Waals surface area contributed by atoms with E-state index in [0.717, 1.165) is 44.0 Å². The molecule has 2 atom stereocenters. The van der Waals surface area contributed by atoms with E-state index < -0.39 is 6.10 Å². The van der Waals surface area contributed by atoms with Crippen LogP contribution in [0.4, 0.5) is 0 Å². The molecule has 162 valence electrons. The Balaban J connectivity index is 1.45. The summed E-state index contributed by atoms with van der Waals surface area (Å²) in [6.45, 7) is 8.00. The summed E-state index contributed by atoms with van der Waals surface area (Å²) >= 11 is 0. The lowest BCUT2D eigenvalue weighted by atomic mass is 9.74. The second-order valence-electron chi connectivity index (χ2n) is 8.99. The van der Waals surface area contributed by atoms with Gasteiger partial charge in [-0.2, -0.15) is 0 Å². The van der Waals surface area contributed by atoms with Gasteiger partial charge in [0.2, 0.25) is 0 Å². The number of para-hydroxylation sites is 1. The number of benzene rings is 2. The summed E-state index contributed by atoms with van der Waals surface area (Å²) in [5.74, 6) is 2.48. The topological polar surface area (TPSA) is 53.0 Å². The molecule has 0 aliphatic carbocycles. The average molecular weight is 419 g/mol. The van der Waals surface area contributed by atoms with Crippen molar-refractivity contribution in [2.45, 2.75) is 31.3 Å². The largest absolute Gasteiger partial charge is 0.457 e. The molecule has 0 spiro atoms. The molecular weight excluding hydrogens is 388 g/mol. The molecule has 2 aromatic rings. The van der Waals surface area contributed by atoms with Crippen molar-refractivity contribution in [2.75, 3.05) is 32.7 Å². The van der Waals surface area contributed by atoms with Gasteiger partial charge >= 0.3 is 0 Å². The van der Waals surface area contributed by atoms with Crippen LogP contribution in [-0.2, 0) is 0 Å². The van der Waals surface area contributed by atoms with Crippen molar-refractivity contribution in [1.29, 1.82) is 0 Å². The first-order chi connectivity index (χ1) is 15.1. The fourth-order valence-corrected chi connectivity index (χ4v) is 5.40. The van der Waals surface area contributed by atoms with Crippen molar-refractivity contribution in [1.82, 2.24) is 9.80 Å². The Morgan fingerprint density at radius 1 is 1.06 bits per heavy atom. The van der Waals surface area contributed by atoms with E-state index in [1.165, 1.54) is 11.1 Å². The zero-order chi connectivity index (χ0) is 21.4. The summed E-state index contributed by atoms with van der Waals surface area (Å²) in [4.78, 5) is 17.1. The molecule has 31 heavy (non-hydrogen) atoms. The Morgan fingerprint density at radius 3 is 2.58 bits per heavy atom. The van der Waals surface area contributed by atoms with Gasteiger partial charge in [0.1, 0.15) is 11.5 Å². The molecule has 3 heterocycles. The van der Waals surface area contributed by atoms with Crippen LogP contribution in [0.2, 0.25) is 0 Å². The highest BCUT2D eigenvalue weighted by Gasteiger charge is 2.36. The van der Waals surface area contributed by atoms with Gasteiger partial charge in [-0.25, -0.2) is 0 Å². The van der Waals surface area contributed by atoms with Crippen LogP contribution in [0.15, 0.2) is 55.1 Å². The number of rotatable bonds is 4. The number of carbonyl (C=O) groups excluding carboxylic acids is 1. The number of aliphatic hydroxyl groups excluding tert-OH is 1. The molecule has 3 aliphatic heterocycles. The molecule has 2 fully saturated rings. The van der Waals surface area contributed by atoms with Gasteiger partial charge in [-0.3, -0.25) is 9.69 Å². The Kier molecular flexibility index (Phi) is 5.55. The molecule has 0 bridgehead atoms. The lowest BCUT2D eigenvalue weighted by Crippen LogP contribution is -2.36. The number of carbonyl (C=O) groups is 1. The Bertz CT molecular complexity index is 980. The number of ether oxygens (including phenoxy) is 1. The molecule has 3 aliphatic rings. The van der Waals surface area contributed by atoms with E-state index in [1.54, 1.807) is 4.90 Å². The first-order valence-corrected chi connectivity index (χ1v) is 11.4. The fraction of sp³-hybridized carbons (Fsp3) is 0.423. The Hall–Kier alpha value is -2.63. The molecule has 1 amide bonds. The molecule has 2 aromatic carbocycles. The molecule has 1 N–H and O–H groups in total. The van der Waals surface area contributed by atoms with Crippen molar-refractivity contribution in [3.63, 3.8) is 0 Å². The summed E-state index contributed by atoms with van der Waals surface area (Å²) in [7, 11) is 0. The predicted molar refractivity (Wildman–Crippen MR) is 121 cm³/mol. The zero-order valence-electron chi connectivity index (χ0n) is 17.9. The van der Waals surface area contributed by atoms with Gasteiger partial charge in [0.15, 0.2) is 0 Å². The monoisotopic (exact) mass is 418 g/mol. The third-order valence-corrected chi connectivity index (χ3v) is 7.01. The van der Waals surface area contributed by atoms with Crippen molar-refractivity contribution in [2.24, 2.45) is 5.92 Å². The van der Waals surface area contributed by atoms with Crippen molar-refractivity contribution in [3.8, 4) is 11.5 Å². The summed E-state index contributed by atoms with van der Waals surface area (Å²) in [6.07, 6.45) is 4.49. The van der Waals surface area contributed by atoms with Crippen LogP contribution in [0.1, 0.15) is 46.7 Å². The lowest BCUT2D eigenvalue weighted by Gasteiger charge is -2.39. The van der Waals surface area contributed by atoms with Crippen LogP contribution < -0.4 is 4.74 Å². The number of hydrogen-bond acceptors (Lipinski definition) is 4. The average Bonchev–Trinajstić information content (AvgIpc) is 3.23. The second kappa shape index (κ2) is 8.48. The van der Waals surface area contributed by atoms with Crippen molar-refractivity contribution >= 4 is 5.91 Å². The van der Waals surface area contributed by atoms with Crippen molar-refractivity contribution < 1.29 is 14.6 Å². The molecule has 0 saturated carbocycles. The van der Waals surface area contributed by atoms with Crippen LogP contribution in [0, 0.1) is 5.92 Å². The van der Waals surface area contributed by atoms with Gasteiger partial charge < -0.3 is 14.7 Å². The first kappa shape index (κ1) is 20.3. The fourth-order valence-electron chi connectivity index (χ4n) is 5.40. The summed E-state index contributed by atoms with van der Waals surface area (Å²) in [5, 5.41) is 9.80. The van der Waals surface area contributed by atoms with Crippen LogP contribution in [0.5, 0.6) is 11.5 Å². The first-order valence-electron chi connectivity index (χ1n) is 11.4. The van der Waals surface area contributed by atoms with Crippen LogP contribution in [0.25, 0.3) is 0 Å². The Morgan fingerprint density at radius 2 is 1.84 bits per heavy atom. The highest BCUT2D eigenvalue weighted by atomic mass is 16.5. The molecular formula is C26H30N2O3. The molecule has 0 radical (unpaired) electrons. The number of fused-ring (bicyclic) bond motifs is 2. The van der Waals surface area contributed by atoms with Crippen molar-refractivity contribution in [3.05, 3.63) is 71.8 Å². The molecule has 5 rings (SSSR count). The van der Waals surface area contributed by atoms with E-state index in [9.17, 15) is 9.90 Å². The van der Waals surface area contributed by atoms with Gasteiger partial charge in [0, 0.05) is 42.2 Å². The second-order valence-corrected chi connectivity index (χ2v) is 8.99. The number of piperidine rings is 1. The minimum atomic E-state index is -0.416. The van der Waals surface area contributed by atoms with Gasteiger partial charge in [0.25, 0.3) is 5.91 Å². The number of β-amino-alcohol motifs (C(OH)–C–C–N with tert-alkyl or cyclic N) is 1. The summed E-state index contributed by atoms with van der Waals surface area (Å²) < 4.78 is 6.29. The maximum absolute atomic E-state index is 13.0. The van der Waals surface area contributed by atoms with Gasteiger partial charge in [-0.05, 0) is 56.5 Å². The van der Waals surface area contributed by atoms with Gasteiger partial charge in [-0.15, -0.1) is 6.58 Å². The number of nitrogens with zero attached hydrogens (tertiary/aromatic N) is 2. The highest BCUT2D eigenvalue weighted by molar-refractivity contribution is 5.95. The van der Waals surface area contributed by atoms with Gasteiger partial charge in [0.05, 0.1) is 6.10 Å². The standard InChI is InChI=1S/C26H30N2O3/c1-2-12-27-13-9-18(10-14-27)25-21-5-3-4-6-23(21)31-24-16-19(7-8-22(24)25)26(30)28-15-11-20(29)17-28/h2-8,16,18,20,25,29H,1,9-15,17H2/t20-,25?/m0/s1. The maximum atomic E-state index is 13.0. The predicted octanol–water partition coefficient (Wildman–Crippen LogP) is 4.03. The molecule has 5 nitrogen and oxygen atoms in total. The number of aliphatic hydroxyl groups is 1. The van der Waals surface area contributed by atoms with E-state index >= 15 is 0 Å². The molecule has 1 unspecified atom stereocenters. The summed E-state index contributed by atoms with van der Waals surface area (Å²) in [6, 6.07) is 14.2. The van der Waals surface area contributed by atoms with Crippen LogP contribution in [-0.4, -0.2) is 59.6 Å². The van der Waals surface area contributed by atoms with Crippen LogP contribution >= 0.6 is 0 Å². The summed E-state index contributed by atoms with van der Waals surface area (Å²) in [5.41, 5.74) is 3.06. The molecule has 5 heteroatoms. The lowest BCUT2D eigenvalue weighted by molar-refractivity contribution is 0.0764.